The van der Waals surface area contributed by atoms with Crippen LogP contribution in [-0.4, -0.2) is 5.78 Å². The van der Waals surface area contributed by atoms with E-state index in [0.717, 1.165) is 5.56 Å². The van der Waals surface area contributed by atoms with Crippen LogP contribution in [-0.2, 0) is 12.5 Å². The van der Waals surface area contributed by atoms with Crippen LogP contribution in [0.5, 0.6) is 5.75 Å². The zero-order valence-electron chi connectivity index (χ0n) is 11.3. The van der Waals surface area contributed by atoms with E-state index in [1.807, 2.05) is 30.3 Å². The number of benzene rings is 2. The zero-order valence-corrected chi connectivity index (χ0v) is 11.3. The fourth-order valence-electron chi connectivity index (χ4n) is 2.44. The number of hydrogen-bond donors (Lipinski definition) is 0. The summed E-state index contributed by atoms with van der Waals surface area (Å²) in [5.41, 5.74) is 0.870. The van der Waals surface area contributed by atoms with Gasteiger partial charge in [-0.2, -0.15) is 0 Å². The lowest BCUT2D eigenvalue weighted by molar-refractivity contribution is -0.0192. The molecule has 2 aromatic rings. The first-order valence-electron chi connectivity index (χ1n) is 6.78. The van der Waals surface area contributed by atoms with Gasteiger partial charge in [0.15, 0.2) is 5.78 Å². The van der Waals surface area contributed by atoms with Gasteiger partial charge in [0.2, 0.25) is 0 Å². The van der Waals surface area contributed by atoms with Gasteiger partial charge in [0.25, 0.3) is 5.92 Å². The second-order valence-electron chi connectivity index (χ2n) is 5.11. The summed E-state index contributed by atoms with van der Waals surface area (Å²) in [6.45, 7) is 0.338. The second kappa shape index (κ2) is 5.28. The van der Waals surface area contributed by atoms with Gasteiger partial charge in [0.05, 0.1) is 0 Å². The number of carbonyl (C=O) groups excluding carboxylic acids is 1. The predicted octanol–water partition coefficient (Wildman–Crippen LogP) is 4.33. The Hall–Kier alpha value is -2.23. The molecular formula is C17H14F2O2. The Labute approximate surface area is 121 Å². The van der Waals surface area contributed by atoms with E-state index in [1.165, 1.54) is 18.2 Å². The molecule has 0 saturated heterocycles. The summed E-state index contributed by atoms with van der Waals surface area (Å²) in [5.74, 6) is -2.74. The fraction of sp³-hybridized carbons (Fsp3) is 0.235. The molecule has 2 nitrogen and oxygen atoms in total. The highest BCUT2D eigenvalue weighted by Crippen LogP contribution is 2.41. The van der Waals surface area contributed by atoms with E-state index in [4.69, 9.17) is 4.74 Å². The molecule has 108 valence electrons. The smallest absolute Gasteiger partial charge is 0.274 e. The summed E-state index contributed by atoms with van der Waals surface area (Å²) in [6, 6.07) is 13.7. The van der Waals surface area contributed by atoms with Crippen molar-refractivity contribution in [1.82, 2.24) is 0 Å². The van der Waals surface area contributed by atoms with Gasteiger partial charge >= 0.3 is 0 Å². The van der Waals surface area contributed by atoms with Gasteiger partial charge in [-0.1, -0.05) is 30.3 Å². The Morgan fingerprint density at radius 3 is 2.62 bits per heavy atom. The number of ketones is 1. The van der Waals surface area contributed by atoms with Crippen molar-refractivity contribution in [3.05, 3.63) is 65.2 Å². The van der Waals surface area contributed by atoms with E-state index in [9.17, 15) is 13.6 Å². The van der Waals surface area contributed by atoms with Gasteiger partial charge in [-0.25, -0.2) is 8.78 Å². The van der Waals surface area contributed by atoms with Crippen molar-refractivity contribution >= 4 is 5.78 Å². The van der Waals surface area contributed by atoms with Crippen molar-refractivity contribution in [2.75, 3.05) is 0 Å². The molecule has 3 rings (SSSR count). The summed E-state index contributed by atoms with van der Waals surface area (Å²) in [5, 5.41) is 0. The van der Waals surface area contributed by atoms with Crippen LogP contribution in [0, 0.1) is 0 Å². The second-order valence-corrected chi connectivity index (χ2v) is 5.11. The Balaban J connectivity index is 1.82. The quantitative estimate of drug-likeness (QED) is 0.840. The minimum Gasteiger partial charge on any atom is -0.489 e. The molecule has 0 amide bonds. The molecule has 0 N–H and O–H groups in total. The maximum Gasteiger partial charge on any atom is 0.274 e. The van der Waals surface area contributed by atoms with Crippen LogP contribution in [0.3, 0.4) is 0 Å². The number of rotatable bonds is 3. The average Bonchev–Trinajstić information content (AvgIpc) is 2.50. The predicted molar refractivity (Wildman–Crippen MR) is 74.7 cm³/mol. The van der Waals surface area contributed by atoms with E-state index >= 15 is 0 Å². The summed E-state index contributed by atoms with van der Waals surface area (Å²) in [6.07, 6.45) is -0.537. The first-order chi connectivity index (χ1) is 10.1. The van der Waals surface area contributed by atoms with Crippen molar-refractivity contribution in [3.8, 4) is 5.75 Å². The summed E-state index contributed by atoms with van der Waals surface area (Å²) < 4.78 is 33.1. The van der Waals surface area contributed by atoms with Crippen molar-refractivity contribution in [2.24, 2.45) is 0 Å². The van der Waals surface area contributed by atoms with E-state index in [2.05, 4.69) is 0 Å². The highest BCUT2D eigenvalue weighted by Gasteiger charge is 2.39. The van der Waals surface area contributed by atoms with Gasteiger partial charge in [-0.05, 0) is 23.8 Å². The standard InChI is InChI=1S/C17H14F2O2/c18-17(19)9-8-16(20)14-10-13(6-7-15(14)17)21-11-12-4-2-1-3-5-12/h1-7,10H,8-9,11H2. The van der Waals surface area contributed by atoms with Crippen LogP contribution < -0.4 is 4.74 Å². The fourth-order valence-corrected chi connectivity index (χ4v) is 2.44. The topological polar surface area (TPSA) is 26.3 Å². The van der Waals surface area contributed by atoms with Crippen LogP contribution in [0.15, 0.2) is 48.5 Å². The first-order valence-corrected chi connectivity index (χ1v) is 6.78. The van der Waals surface area contributed by atoms with Crippen molar-refractivity contribution in [2.45, 2.75) is 25.4 Å². The Morgan fingerprint density at radius 1 is 1.10 bits per heavy atom. The van der Waals surface area contributed by atoms with Crippen molar-refractivity contribution in [3.63, 3.8) is 0 Å². The van der Waals surface area contributed by atoms with E-state index in [1.54, 1.807) is 0 Å². The highest BCUT2D eigenvalue weighted by atomic mass is 19.3. The third-order valence-electron chi connectivity index (χ3n) is 3.60. The van der Waals surface area contributed by atoms with E-state index in [-0.39, 0.29) is 23.3 Å². The number of halogens is 2. The van der Waals surface area contributed by atoms with Crippen LogP contribution in [0.2, 0.25) is 0 Å². The number of carbonyl (C=O) groups is 1. The van der Waals surface area contributed by atoms with Crippen LogP contribution >= 0.6 is 0 Å². The number of alkyl halides is 2. The summed E-state index contributed by atoms with van der Waals surface area (Å²) >= 11 is 0. The third kappa shape index (κ3) is 2.79. The van der Waals surface area contributed by atoms with E-state index < -0.39 is 12.3 Å². The molecular weight excluding hydrogens is 274 g/mol. The lowest BCUT2D eigenvalue weighted by Crippen LogP contribution is -2.24. The normalized spacial score (nSPS) is 16.4. The Bertz CT molecular complexity index is 666. The van der Waals surface area contributed by atoms with Gasteiger partial charge in [0.1, 0.15) is 12.4 Å². The SMILES string of the molecule is O=C1CCC(F)(F)c2ccc(OCc3ccccc3)cc21. The molecule has 1 aliphatic rings. The maximum absolute atomic E-state index is 13.8. The Morgan fingerprint density at radius 2 is 1.86 bits per heavy atom. The minimum atomic E-state index is -2.93. The van der Waals surface area contributed by atoms with Gasteiger partial charge in [-0.3, -0.25) is 4.79 Å². The molecule has 0 atom stereocenters. The monoisotopic (exact) mass is 288 g/mol. The molecule has 21 heavy (non-hydrogen) atoms. The number of ether oxygens (including phenoxy) is 1. The molecule has 0 fully saturated rings. The minimum absolute atomic E-state index is 0.0804. The van der Waals surface area contributed by atoms with E-state index in [0.29, 0.717) is 12.4 Å². The van der Waals surface area contributed by atoms with Crippen molar-refractivity contribution in [1.29, 1.82) is 0 Å². The van der Waals surface area contributed by atoms with Gasteiger partial charge in [-0.15, -0.1) is 0 Å². The molecule has 0 aliphatic heterocycles. The van der Waals surface area contributed by atoms with Gasteiger partial charge in [0, 0.05) is 24.0 Å². The number of Topliss-reactive ketones (excluding diaryl/α,β-unsaturated/α-hetero) is 1. The molecule has 2 aromatic carbocycles. The molecule has 0 aromatic heterocycles. The molecule has 0 spiro atoms. The molecule has 0 saturated carbocycles. The number of hydrogen-bond acceptors (Lipinski definition) is 2. The lowest BCUT2D eigenvalue weighted by Gasteiger charge is -2.24. The average molecular weight is 288 g/mol. The largest absolute Gasteiger partial charge is 0.489 e. The first kappa shape index (κ1) is 13.7. The van der Waals surface area contributed by atoms with Crippen LogP contribution in [0.25, 0.3) is 0 Å². The molecule has 0 unspecified atom stereocenters. The highest BCUT2D eigenvalue weighted by molar-refractivity contribution is 5.99. The lowest BCUT2D eigenvalue weighted by atomic mass is 9.87. The Kier molecular flexibility index (Phi) is 3.45. The molecule has 4 heteroatoms. The van der Waals surface area contributed by atoms with Gasteiger partial charge < -0.3 is 4.74 Å². The van der Waals surface area contributed by atoms with Crippen molar-refractivity contribution < 1.29 is 18.3 Å². The molecule has 0 radical (unpaired) electrons. The summed E-state index contributed by atoms with van der Waals surface area (Å²) in [4.78, 5) is 11.8. The molecule has 0 heterocycles. The maximum atomic E-state index is 13.8. The van der Waals surface area contributed by atoms with Crippen LogP contribution in [0.4, 0.5) is 8.78 Å². The molecule has 1 aliphatic carbocycles. The third-order valence-corrected chi connectivity index (χ3v) is 3.60. The molecule has 0 bridgehead atoms. The van der Waals surface area contributed by atoms with Crippen LogP contribution in [0.1, 0.15) is 34.3 Å². The zero-order chi connectivity index (χ0) is 14.9. The summed E-state index contributed by atoms with van der Waals surface area (Å²) in [7, 11) is 0. The number of fused-ring (bicyclic) bond motifs is 1.